The average molecular weight is 267 g/mol. The summed E-state index contributed by atoms with van der Waals surface area (Å²) < 4.78 is 0. The largest absolute Gasteiger partial charge is 0.481 e. The van der Waals surface area contributed by atoms with Crippen LogP contribution in [0.2, 0.25) is 0 Å². The van der Waals surface area contributed by atoms with Gasteiger partial charge < -0.3 is 10.0 Å². The number of piperidine rings is 1. The molecule has 0 aromatic rings. The number of carbonyl (C=O) groups excluding carboxylic acids is 1. The average Bonchev–Trinajstić information content (AvgIpc) is 2.40. The van der Waals surface area contributed by atoms with Crippen LogP contribution in [0.25, 0.3) is 0 Å². The molecule has 1 N–H and O–H groups in total. The molecule has 108 valence electrons. The first-order chi connectivity index (χ1) is 9.03. The lowest BCUT2D eigenvalue weighted by molar-refractivity contribution is -0.143. The van der Waals surface area contributed by atoms with Crippen molar-refractivity contribution < 1.29 is 14.7 Å². The van der Waals surface area contributed by atoms with Gasteiger partial charge in [-0.25, -0.2) is 0 Å². The molecular formula is C15H25NO3. The van der Waals surface area contributed by atoms with Crippen molar-refractivity contribution >= 4 is 11.9 Å². The number of carboxylic acids is 1. The monoisotopic (exact) mass is 267 g/mol. The molecule has 2 aliphatic rings. The Labute approximate surface area is 115 Å². The highest BCUT2D eigenvalue weighted by Crippen LogP contribution is 2.46. The van der Waals surface area contributed by atoms with Crippen LogP contribution in [0.3, 0.4) is 0 Å². The summed E-state index contributed by atoms with van der Waals surface area (Å²) in [6, 6.07) is 0. The minimum atomic E-state index is -0.883. The van der Waals surface area contributed by atoms with Crippen LogP contribution in [0.1, 0.15) is 58.3 Å². The molecule has 1 amide bonds. The van der Waals surface area contributed by atoms with Gasteiger partial charge in [-0.15, -0.1) is 0 Å². The first-order valence-electron chi connectivity index (χ1n) is 7.53. The van der Waals surface area contributed by atoms with E-state index in [1.807, 2.05) is 4.90 Å². The number of aliphatic carboxylic acids is 1. The molecule has 1 saturated heterocycles. The molecular weight excluding hydrogens is 242 g/mol. The number of amides is 1. The number of rotatable bonds is 3. The van der Waals surface area contributed by atoms with Gasteiger partial charge in [-0.05, 0) is 30.6 Å². The number of hydrogen-bond donors (Lipinski definition) is 1. The van der Waals surface area contributed by atoms with Gasteiger partial charge in [0.2, 0.25) is 5.91 Å². The standard InChI is InChI=1S/C15H25NO3/c1-12-7-10-16(13(17)5-6-14(18)19)11-15(12)8-3-2-4-9-15/h12H,2-11H2,1H3,(H,18,19). The maximum absolute atomic E-state index is 12.1. The summed E-state index contributed by atoms with van der Waals surface area (Å²) in [7, 11) is 0. The lowest BCUT2D eigenvalue weighted by Gasteiger charge is -2.49. The van der Waals surface area contributed by atoms with Gasteiger partial charge >= 0.3 is 5.97 Å². The topological polar surface area (TPSA) is 57.6 Å². The highest BCUT2D eigenvalue weighted by atomic mass is 16.4. The van der Waals surface area contributed by atoms with E-state index in [-0.39, 0.29) is 18.7 Å². The molecule has 4 heteroatoms. The van der Waals surface area contributed by atoms with Crippen LogP contribution in [-0.4, -0.2) is 35.0 Å². The van der Waals surface area contributed by atoms with E-state index in [1.165, 1.54) is 32.1 Å². The molecule has 1 aliphatic carbocycles. The van der Waals surface area contributed by atoms with Crippen LogP contribution in [0.15, 0.2) is 0 Å². The van der Waals surface area contributed by atoms with Crippen LogP contribution in [-0.2, 0) is 9.59 Å². The molecule has 1 aliphatic heterocycles. The zero-order valence-corrected chi connectivity index (χ0v) is 11.9. The number of hydrogen-bond acceptors (Lipinski definition) is 2. The number of carboxylic acid groups (broad SMARTS) is 1. The van der Waals surface area contributed by atoms with Gasteiger partial charge in [-0.2, -0.15) is 0 Å². The molecule has 1 unspecified atom stereocenters. The molecule has 1 saturated carbocycles. The van der Waals surface area contributed by atoms with Gasteiger partial charge in [0.25, 0.3) is 0 Å². The Bertz CT molecular complexity index is 347. The van der Waals surface area contributed by atoms with E-state index in [9.17, 15) is 9.59 Å². The molecule has 4 nitrogen and oxygen atoms in total. The molecule has 0 radical (unpaired) electrons. The third kappa shape index (κ3) is 3.28. The summed E-state index contributed by atoms with van der Waals surface area (Å²) in [6.45, 7) is 3.98. The fourth-order valence-electron chi connectivity index (χ4n) is 3.76. The molecule has 2 rings (SSSR count). The summed E-state index contributed by atoms with van der Waals surface area (Å²) in [6.07, 6.45) is 7.52. The van der Waals surface area contributed by atoms with Crippen LogP contribution in [0.5, 0.6) is 0 Å². The maximum Gasteiger partial charge on any atom is 0.303 e. The molecule has 1 heterocycles. The lowest BCUT2D eigenvalue weighted by atomic mass is 9.63. The zero-order chi connectivity index (χ0) is 13.9. The second-order valence-electron chi connectivity index (χ2n) is 6.32. The summed E-state index contributed by atoms with van der Waals surface area (Å²) >= 11 is 0. The first kappa shape index (κ1) is 14.4. The SMILES string of the molecule is CC1CCN(C(=O)CCC(=O)O)CC12CCCCC2. The first-order valence-corrected chi connectivity index (χ1v) is 7.53. The fourth-order valence-corrected chi connectivity index (χ4v) is 3.76. The van der Waals surface area contributed by atoms with E-state index in [1.54, 1.807) is 0 Å². The van der Waals surface area contributed by atoms with Crippen LogP contribution in [0.4, 0.5) is 0 Å². The van der Waals surface area contributed by atoms with Crippen molar-refractivity contribution in [3.63, 3.8) is 0 Å². The Morgan fingerprint density at radius 2 is 1.89 bits per heavy atom. The molecule has 0 bridgehead atoms. The minimum Gasteiger partial charge on any atom is -0.481 e. The molecule has 2 fully saturated rings. The highest BCUT2D eigenvalue weighted by molar-refractivity contribution is 5.80. The van der Waals surface area contributed by atoms with Crippen molar-refractivity contribution in [3.05, 3.63) is 0 Å². The third-order valence-corrected chi connectivity index (χ3v) is 5.14. The summed E-state index contributed by atoms with van der Waals surface area (Å²) in [5, 5.41) is 8.67. The van der Waals surface area contributed by atoms with Gasteiger partial charge in [-0.1, -0.05) is 26.2 Å². The van der Waals surface area contributed by atoms with E-state index >= 15 is 0 Å². The Hall–Kier alpha value is -1.06. The van der Waals surface area contributed by atoms with Crippen molar-refractivity contribution in [2.24, 2.45) is 11.3 Å². The summed E-state index contributed by atoms with van der Waals surface area (Å²) in [5.74, 6) is -0.165. The summed E-state index contributed by atoms with van der Waals surface area (Å²) in [5.41, 5.74) is 0.315. The Balaban J connectivity index is 1.96. The van der Waals surface area contributed by atoms with Gasteiger partial charge in [-0.3, -0.25) is 9.59 Å². The molecule has 1 spiro atoms. The fraction of sp³-hybridized carbons (Fsp3) is 0.867. The minimum absolute atomic E-state index is 0.0271. The zero-order valence-electron chi connectivity index (χ0n) is 11.9. The third-order valence-electron chi connectivity index (χ3n) is 5.14. The molecule has 0 aromatic carbocycles. The Morgan fingerprint density at radius 1 is 1.21 bits per heavy atom. The predicted molar refractivity (Wildman–Crippen MR) is 72.7 cm³/mol. The summed E-state index contributed by atoms with van der Waals surface area (Å²) in [4.78, 5) is 24.6. The second-order valence-corrected chi connectivity index (χ2v) is 6.32. The number of nitrogens with zero attached hydrogens (tertiary/aromatic N) is 1. The predicted octanol–water partition coefficient (Wildman–Crippen LogP) is 2.67. The normalized spacial score (nSPS) is 26.4. The van der Waals surface area contributed by atoms with Crippen molar-refractivity contribution in [2.45, 2.75) is 58.3 Å². The van der Waals surface area contributed by atoms with Gasteiger partial charge in [0.1, 0.15) is 0 Å². The number of carbonyl (C=O) groups is 2. The quantitative estimate of drug-likeness (QED) is 0.855. The van der Waals surface area contributed by atoms with Crippen LogP contribution >= 0.6 is 0 Å². The van der Waals surface area contributed by atoms with Gasteiger partial charge in [0, 0.05) is 19.5 Å². The molecule has 1 atom stereocenters. The van der Waals surface area contributed by atoms with Gasteiger partial charge in [0.15, 0.2) is 0 Å². The van der Waals surface area contributed by atoms with Crippen molar-refractivity contribution in [1.29, 1.82) is 0 Å². The van der Waals surface area contributed by atoms with E-state index in [4.69, 9.17) is 5.11 Å². The number of likely N-dealkylation sites (tertiary alicyclic amines) is 1. The van der Waals surface area contributed by atoms with E-state index in [0.717, 1.165) is 19.5 Å². The van der Waals surface area contributed by atoms with Crippen LogP contribution < -0.4 is 0 Å². The van der Waals surface area contributed by atoms with E-state index in [0.29, 0.717) is 11.3 Å². The Morgan fingerprint density at radius 3 is 2.53 bits per heavy atom. The second kappa shape index (κ2) is 5.93. The Kier molecular flexibility index (Phi) is 4.48. The van der Waals surface area contributed by atoms with E-state index < -0.39 is 5.97 Å². The van der Waals surface area contributed by atoms with Crippen molar-refractivity contribution in [1.82, 2.24) is 4.90 Å². The van der Waals surface area contributed by atoms with Gasteiger partial charge in [0.05, 0.1) is 6.42 Å². The highest BCUT2D eigenvalue weighted by Gasteiger charge is 2.42. The maximum atomic E-state index is 12.1. The molecule has 19 heavy (non-hydrogen) atoms. The lowest BCUT2D eigenvalue weighted by Crippen LogP contribution is -2.51. The molecule has 0 aromatic heterocycles. The van der Waals surface area contributed by atoms with Crippen LogP contribution in [0, 0.1) is 11.3 Å². The smallest absolute Gasteiger partial charge is 0.303 e. The van der Waals surface area contributed by atoms with Crippen molar-refractivity contribution in [2.75, 3.05) is 13.1 Å². The van der Waals surface area contributed by atoms with E-state index in [2.05, 4.69) is 6.92 Å². The van der Waals surface area contributed by atoms with Crippen molar-refractivity contribution in [3.8, 4) is 0 Å².